The Kier molecular flexibility index (Phi) is 5.95. The van der Waals surface area contributed by atoms with Crippen molar-refractivity contribution < 1.29 is 27.9 Å². The molecule has 2 N–H and O–H groups in total. The van der Waals surface area contributed by atoms with Gasteiger partial charge in [-0.15, -0.1) is 22.7 Å². The first kappa shape index (κ1) is 19.8. The number of carbonyl (C=O) groups excluding carboxylic acids is 3. The monoisotopic (exact) mass is 425 g/mol. The van der Waals surface area contributed by atoms with E-state index in [9.17, 15) is 23.2 Å². The fourth-order valence-electron chi connectivity index (χ4n) is 2.12. The number of aromatic nitrogens is 1. The van der Waals surface area contributed by atoms with Crippen molar-refractivity contribution in [3.05, 3.63) is 46.3 Å². The average molecular weight is 425 g/mol. The molecule has 0 aliphatic carbocycles. The molecule has 28 heavy (non-hydrogen) atoms. The molecule has 3 aromatic rings. The summed E-state index contributed by atoms with van der Waals surface area (Å²) in [5.41, 5.74) is 0.679. The van der Waals surface area contributed by atoms with E-state index in [0.717, 1.165) is 23.0 Å². The van der Waals surface area contributed by atoms with Gasteiger partial charge in [0.25, 0.3) is 18.2 Å². The number of benzene rings is 1. The number of anilines is 1. The number of alkyl halides is 2. The highest BCUT2D eigenvalue weighted by Gasteiger charge is 2.23. The third-order valence-corrected chi connectivity index (χ3v) is 5.35. The number of halogens is 2. The van der Waals surface area contributed by atoms with Crippen LogP contribution in [0.2, 0.25) is 0 Å². The molecule has 0 saturated carbocycles. The molecule has 2 aromatic heterocycles. The van der Waals surface area contributed by atoms with Crippen LogP contribution >= 0.6 is 22.7 Å². The summed E-state index contributed by atoms with van der Waals surface area (Å²) in [7, 11) is 0. The van der Waals surface area contributed by atoms with Crippen molar-refractivity contribution in [2.24, 2.45) is 0 Å². The maximum Gasteiger partial charge on any atom is 0.414 e. The molecule has 11 heteroatoms. The molecule has 3 amide bonds. The highest BCUT2D eigenvalue weighted by Crippen LogP contribution is 2.26. The van der Waals surface area contributed by atoms with Gasteiger partial charge in [-0.2, -0.15) is 0 Å². The van der Waals surface area contributed by atoms with Gasteiger partial charge in [0, 0.05) is 0 Å². The lowest BCUT2D eigenvalue weighted by atomic mass is 10.3. The van der Waals surface area contributed by atoms with Crippen LogP contribution in [0.25, 0.3) is 10.2 Å². The van der Waals surface area contributed by atoms with E-state index in [4.69, 9.17) is 0 Å². The van der Waals surface area contributed by atoms with Gasteiger partial charge in [0.1, 0.15) is 5.00 Å². The molecule has 0 fully saturated rings. The maximum atomic E-state index is 12.4. The van der Waals surface area contributed by atoms with Crippen molar-refractivity contribution in [3.8, 4) is 0 Å². The Labute approximate surface area is 165 Å². The standard InChI is InChI=1S/C17H13F2N3O4S2/c1-8(12(18)19)26-17(25)22-13(23)9-6-7-27-15(9)21-14(24)16-20-10-4-2-3-5-11(10)28-16/h2-8,12H,1H3,(H,21,24)(H,22,23,25). The van der Waals surface area contributed by atoms with E-state index in [-0.39, 0.29) is 15.6 Å². The Bertz CT molecular complexity index is 1000. The lowest BCUT2D eigenvalue weighted by Crippen LogP contribution is -2.35. The summed E-state index contributed by atoms with van der Waals surface area (Å²) in [4.78, 5) is 40.4. The molecular weight excluding hydrogens is 412 g/mol. The number of hydrogen-bond acceptors (Lipinski definition) is 7. The van der Waals surface area contributed by atoms with Crippen LogP contribution in [0.3, 0.4) is 0 Å². The second-order valence-corrected chi connectivity index (χ2v) is 7.45. The quantitative estimate of drug-likeness (QED) is 0.641. The molecule has 2 heterocycles. The SMILES string of the molecule is CC(OC(=O)NC(=O)c1ccsc1NC(=O)c1nc2ccccc2s1)C(F)F. The zero-order chi connectivity index (χ0) is 20.3. The first-order valence-electron chi connectivity index (χ1n) is 7.89. The zero-order valence-electron chi connectivity index (χ0n) is 14.3. The van der Waals surface area contributed by atoms with Crippen molar-refractivity contribution in [1.82, 2.24) is 10.3 Å². The predicted octanol–water partition coefficient (Wildman–Crippen LogP) is 4.13. The van der Waals surface area contributed by atoms with Crippen molar-refractivity contribution in [3.63, 3.8) is 0 Å². The van der Waals surface area contributed by atoms with E-state index in [1.165, 1.54) is 22.8 Å². The molecule has 1 aromatic carbocycles. The van der Waals surface area contributed by atoms with Gasteiger partial charge in [-0.1, -0.05) is 12.1 Å². The second-order valence-electron chi connectivity index (χ2n) is 5.50. The summed E-state index contributed by atoms with van der Waals surface area (Å²) in [5.74, 6) is -1.39. The van der Waals surface area contributed by atoms with Crippen LogP contribution in [0.5, 0.6) is 0 Å². The number of rotatable bonds is 5. The number of para-hydroxylation sites is 1. The average Bonchev–Trinajstić information content (AvgIpc) is 3.27. The molecule has 1 atom stereocenters. The third kappa shape index (κ3) is 4.49. The summed E-state index contributed by atoms with van der Waals surface area (Å²) < 4.78 is 30.0. The molecular formula is C17H13F2N3O4S2. The molecule has 1 unspecified atom stereocenters. The summed E-state index contributed by atoms with van der Waals surface area (Å²) >= 11 is 2.26. The first-order valence-corrected chi connectivity index (χ1v) is 9.59. The van der Waals surface area contributed by atoms with Gasteiger partial charge in [0.15, 0.2) is 11.1 Å². The third-order valence-electron chi connectivity index (χ3n) is 3.49. The summed E-state index contributed by atoms with van der Waals surface area (Å²) in [5, 5.41) is 6.37. The lowest BCUT2D eigenvalue weighted by molar-refractivity contribution is -0.00681. The molecule has 0 radical (unpaired) electrons. The van der Waals surface area contributed by atoms with Crippen molar-refractivity contribution in [2.45, 2.75) is 19.5 Å². The highest BCUT2D eigenvalue weighted by atomic mass is 32.1. The van der Waals surface area contributed by atoms with Gasteiger partial charge in [-0.25, -0.2) is 18.6 Å². The van der Waals surface area contributed by atoms with E-state index in [1.807, 2.05) is 17.4 Å². The van der Waals surface area contributed by atoms with Crippen molar-refractivity contribution in [2.75, 3.05) is 5.32 Å². The number of nitrogens with zero attached hydrogens (tertiary/aromatic N) is 1. The second kappa shape index (κ2) is 8.40. The van der Waals surface area contributed by atoms with E-state index >= 15 is 0 Å². The zero-order valence-corrected chi connectivity index (χ0v) is 15.9. The Hall–Kier alpha value is -2.92. The number of imide groups is 1. The van der Waals surface area contributed by atoms with Crippen LogP contribution in [-0.4, -0.2) is 35.4 Å². The van der Waals surface area contributed by atoms with Gasteiger partial charge >= 0.3 is 6.09 Å². The number of hydrogen-bond donors (Lipinski definition) is 2. The molecule has 0 saturated heterocycles. The highest BCUT2D eigenvalue weighted by molar-refractivity contribution is 7.20. The Morgan fingerprint density at radius 3 is 2.61 bits per heavy atom. The van der Waals surface area contributed by atoms with Gasteiger partial charge < -0.3 is 10.1 Å². The number of amides is 3. The molecule has 0 bridgehead atoms. The minimum absolute atomic E-state index is 0.00103. The predicted molar refractivity (Wildman–Crippen MR) is 101 cm³/mol. The van der Waals surface area contributed by atoms with Gasteiger partial charge in [0.05, 0.1) is 15.8 Å². The molecule has 0 spiro atoms. The molecule has 7 nitrogen and oxygen atoms in total. The lowest BCUT2D eigenvalue weighted by Gasteiger charge is -2.12. The summed E-state index contributed by atoms with van der Waals surface area (Å²) in [6, 6.07) is 8.63. The topological polar surface area (TPSA) is 97.4 Å². The van der Waals surface area contributed by atoms with E-state index in [2.05, 4.69) is 15.0 Å². The van der Waals surface area contributed by atoms with Crippen molar-refractivity contribution >= 4 is 55.8 Å². The normalized spacial score (nSPS) is 12.0. The van der Waals surface area contributed by atoms with Crippen LogP contribution < -0.4 is 10.6 Å². The van der Waals surface area contributed by atoms with E-state index < -0.39 is 30.4 Å². The summed E-state index contributed by atoms with van der Waals surface area (Å²) in [6.07, 6.45) is -5.83. The number of thiophene rings is 1. The number of alkyl carbamates (subject to hydrolysis) is 1. The van der Waals surface area contributed by atoms with Gasteiger partial charge in [-0.05, 0) is 30.5 Å². The molecule has 146 valence electrons. The number of nitrogens with one attached hydrogen (secondary N) is 2. The van der Waals surface area contributed by atoms with Gasteiger partial charge in [-0.3, -0.25) is 14.9 Å². The largest absolute Gasteiger partial charge is 0.440 e. The fourth-order valence-corrected chi connectivity index (χ4v) is 3.76. The molecule has 0 aliphatic heterocycles. The Morgan fingerprint density at radius 2 is 1.89 bits per heavy atom. The minimum Gasteiger partial charge on any atom is -0.440 e. The van der Waals surface area contributed by atoms with Crippen LogP contribution in [0.1, 0.15) is 27.1 Å². The van der Waals surface area contributed by atoms with Gasteiger partial charge in [0.2, 0.25) is 0 Å². The number of carbonyl (C=O) groups is 3. The minimum atomic E-state index is -2.87. The Morgan fingerprint density at radius 1 is 1.14 bits per heavy atom. The summed E-state index contributed by atoms with van der Waals surface area (Å²) in [6.45, 7) is 1.00. The number of thiazole rings is 1. The molecule has 0 aliphatic rings. The molecule has 3 rings (SSSR count). The maximum absolute atomic E-state index is 12.4. The van der Waals surface area contributed by atoms with Crippen LogP contribution in [0, 0.1) is 0 Å². The van der Waals surface area contributed by atoms with Crippen molar-refractivity contribution in [1.29, 1.82) is 0 Å². The van der Waals surface area contributed by atoms with Crippen LogP contribution in [0.4, 0.5) is 18.6 Å². The van der Waals surface area contributed by atoms with Crippen LogP contribution in [-0.2, 0) is 4.74 Å². The van der Waals surface area contributed by atoms with E-state index in [0.29, 0.717) is 5.52 Å². The Balaban J connectivity index is 1.68. The smallest absolute Gasteiger partial charge is 0.414 e. The number of fused-ring (bicyclic) bond motifs is 1. The van der Waals surface area contributed by atoms with E-state index in [1.54, 1.807) is 12.1 Å². The number of ether oxygens (including phenoxy) is 1. The van der Waals surface area contributed by atoms with Crippen LogP contribution in [0.15, 0.2) is 35.7 Å². The fraction of sp³-hybridized carbons (Fsp3) is 0.176. The first-order chi connectivity index (χ1) is 13.3.